The molecular weight excluding hydrogens is 436 g/mol. The third-order valence-corrected chi connectivity index (χ3v) is 5.54. The number of carbonyl (C=O) groups is 1. The fourth-order valence-electron chi connectivity index (χ4n) is 3.54. The van der Waals surface area contributed by atoms with Crippen LogP contribution in [0.2, 0.25) is 0 Å². The molecule has 0 bridgehead atoms. The third kappa shape index (κ3) is 4.70. The largest absolute Gasteiger partial charge is 0.484 e. The topological polar surface area (TPSA) is 78.2 Å². The minimum atomic E-state index is -0.183. The molecule has 0 atom stereocenters. The van der Waals surface area contributed by atoms with E-state index in [9.17, 15) is 9.59 Å². The Labute approximate surface area is 176 Å². The lowest BCUT2D eigenvalue weighted by atomic mass is 10.1. The molecular formula is C21H23BrN4O3. The number of aromatic nitrogens is 3. The molecule has 8 heteroatoms. The van der Waals surface area contributed by atoms with E-state index in [2.05, 4.69) is 26.3 Å². The Morgan fingerprint density at radius 1 is 1.17 bits per heavy atom. The lowest BCUT2D eigenvalue weighted by molar-refractivity contribution is -0.123. The van der Waals surface area contributed by atoms with Gasteiger partial charge in [0.1, 0.15) is 11.6 Å². The molecule has 152 valence electrons. The Bertz CT molecular complexity index is 1090. The first-order chi connectivity index (χ1) is 14.1. The monoisotopic (exact) mass is 458 g/mol. The number of nitrogens with zero attached hydrogens (tertiary/aromatic N) is 3. The van der Waals surface area contributed by atoms with Gasteiger partial charge in [0.2, 0.25) is 0 Å². The highest BCUT2D eigenvalue weighted by Crippen LogP contribution is 2.24. The molecule has 1 aromatic heterocycles. The number of ether oxygens (including phenoxy) is 1. The number of rotatable bonds is 7. The van der Waals surface area contributed by atoms with Gasteiger partial charge in [0.25, 0.3) is 5.91 Å². The van der Waals surface area contributed by atoms with Gasteiger partial charge in [0.15, 0.2) is 6.61 Å². The number of fused-ring (bicyclic) bond motifs is 2. The SMILES string of the molecule is O=C(COc1ccc2cc(Br)ccc2c1)NCCCn1nc2n(c1=O)CCCC2. The van der Waals surface area contributed by atoms with Crippen LogP contribution in [0, 0.1) is 0 Å². The maximum Gasteiger partial charge on any atom is 0.345 e. The Morgan fingerprint density at radius 2 is 2.00 bits per heavy atom. The minimum Gasteiger partial charge on any atom is -0.484 e. The number of aryl methyl sites for hydroxylation is 2. The zero-order chi connectivity index (χ0) is 20.2. The fourth-order valence-corrected chi connectivity index (χ4v) is 3.91. The molecule has 1 N–H and O–H groups in total. The zero-order valence-corrected chi connectivity index (χ0v) is 17.7. The van der Waals surface area contributed by atoms with E-state index in [0.717, 1.165) is 46.9 Å². The second kappa shape index (κ2) is 8.82. The highest BCUT2D eigenvalue weighted by Gasteiger charge is 2.16. The molecule has 4 rings (SSSR count). The van der Waals surface area contributed by atoms with E-state index < -0.39 is 0 Å². The lowest BCUT2D eigenvalue weighted by Crippen LogP contribution is -2.31. The van der Waals surface area contributed by atoms with Crippen molar-refractivity contribution in [2.24, 2.45) is 0 Å². The summed E-state index contributed by atoms with van der Waals surface area (Å²) in [5.74, 6) is 1.35. The van der Waals surface area contributed by atoms with Gasteiger partial charge in [-0.25, -0.2) is 9.48 Å². The van der Waals surface area contributed by atoms with Gasteiger partial charge < -0.3 is 10.1 Å². The molecule has 7 nitrogen and oxygen atoms in total. The first kappa shape index (κ1) is 19.7. The van der Waals surface area contributed by atoms with Gasteiger partial charge in [-0.15, -0.1) is 0 Å². The summed E-state index contributed by atoms with van der Waals surface area (Å²) in [7, 11) is 0. The van der Waals surface area contributed by atoms with Gasteiger partial charge >= 0.3 is 5.69 Å². The van der Waals surface area contributed by atoms with Crippen molar-refractivity contribution in [3.05, 3.63) is 57.2 Å². The van der Waals surface area contributed by atoms with Gasteiger partial charge in [0, 0.05) is 30.5 Å². The third-order valence-electron chi connectivity index (χ3n) is 5.04. The van der Waals surface area contributed by atoms with Crippen LogP contribution in [0.1, 0.15) is 25.1 Å². The molecule has 0 spiro atoms. The average Bonchev–Trinajstić information content (AvgIpc) is 3.05. The normalized spacial score (nSPS) is 13.3. The number of carbonyl (C=O) groups excluding carboxylic acids is 1. The van der Waals surface area contributed by atoms with Crippen molar-refractivity contribution in [1.29, 1.82) is 0 Å². The summed E-state index contributed by atoms with van der Waals surface area (Å²) in [5, 5.41) is 9.39. The predicted octanol–water partition coefficient (Wildman–Crippen LogP) is 2.88. The highest BCUT2D eigenvalue weighted by molar-refractivity contribution is 9.10. The van der Waals surface area contributed by atoms with Gasteiger partial charge in [-0.2, -0.15) is 5.10 Å². The van der Waals surface area contributed by atoms with Crippen LogP contribution in [-0.2, 0) is 24.3 Å². The van der Waals surface area contributed by atoms with Crippen molar-refractivity contribution in [2.45, 2.75) is 38.8 Å². The molecule has 0 saturated heterocycles. The smallest absolute Gasteiger partial charge is 0.345 e. The summed E-state index contributed by atoms with van der Waals surface area (Å²) in [6.45, 7) is 1.69. The van der Waals surface area contributed by atoms with E-state index in [-0.39, 0.29) is 18.2 Å². The van der Waals surface area contributed by atoms with Gasteiger partial charge in [-0.1, -0.05) is 28.1 Å². The summed E-state index contributed by atoms with van der Waals surface area (Å²) < 4.78 is 9.90. The molecule has 1 aliphatic rings. The number of nitrogens with one attached hydrogen (secondary N) is 1. The maximum absolute atomic E-state index is 12.3. The summed E-state index contributed by atoms with van der Waals surface area (Å²) >= 11 is 3.46. The Hall–Kier alpha value is -2.61. The summed E-state index contributed by atoms with van der Waals surface area (Å²) in [6.07, 6.45) is 3.62. The predicted molar refractivity (Wildman–Crippen MR) is 114 cm³/mol. The molecule has 0 fully saturated rings. The van der Waals surface area contributed by atoms with Gasteiger partial charge in [-0.05, 0) is 54.3 Å². The van der Waals surface area contributed by atoms with Gasteiger partial charge in [0.05, 0.1) is 0 Å². The van der Waals surface area contributed by atoms with Crippen LogP contribution in [0.3, 0.4) is 0 Å². The van der Waals surface area contributed by atoms with E-state index in [4.69, 9.17) is 4.74 Å². The average molecular weight is 459 g/mol. The number of hydrogen-bond acceptors (Lipinski definition) is 4. The maximum atomic E-state index is 12.3. The van der Waals surface area contributed by atoms with E-state index >= 15 is 0 Å². The Kier molecular flexibility index (Phi) is 5.99. The van der Waals surface area contributed by atoms with Crippen LogP contribution in [-0.4, -0.2) is 33.4 Å². The number of benzene rings is 2. The quantitative estimate of drug-likeness (QED) is 0.552. The molecule has 0 saturated carbocycles. The molecule has 3 aromatic rings. The second-order valence-corrected chi connectivity index (χ2v) is 8.09. The zero-order valence-electron chi connectivity index (χ0n) is 16.1. The standard InChI is InChI=1S/C21H23BrN4O3/c22-17-7-5-16-13-18(8-6-15(16)12-17)29-14-20(27)23-9-3-11-26-21(28)25-10-2-1-4-19(25)24-26/h5-8,12-13H,1-4,9-11,14H2,(H,23,27). The summed E-state index contributed by atoms with van der Waals surface area (Å²) in [5.41, 5.74) is -0.0438. The lowest BCUT2D eigenvalue weighted by Gasteiger charge is -2.09. The molecule has 2 aromatic carbocycles. The number of amides is 1. The van der Waals surface area contributed by atoms with Crippen molar-refractivity contribution in [3.63, 3.8) is 0 Å². The van der Waals surface area contributed by atoms with Crippen molar-refractivity contribution in [1.82, 2.24) is 19.7 Å². The Balaban J connectivity index is 1.22. The van der Waals surface area contributed by atoms with Crippen LogP contribution in [0.25, 0.3) is 10.8 Å². The van der Waals surface area contributed by atoms with Crippen LogP contribution in [0.5, 0.6) is 5.75 Å². The van der Waals surface area contributed by atoms with Crippen LogP contribution >= 0.6 is 15.9 Å². The first-order valence-corrected chi connectivity index (χ1v) is 10.6. The summed E-state index contributed by atoms with van der Waals surface area (Å²) in [4.78, 5) is 24.3. The van der Waals surface area contributed by atoms with Crippen molar-refractivity contribution in [2.75, 3.05) is 13.2 Å². The highest BCUT2D eigenvalue weighted by atomic mass is 79.9. The van der Waals surface area contributed by atoms with E-state index in [1.807, 2.05) is 36.4 Å². The molecule has 0 radical (unpaired) electrons. The number of halogens is 1. The van der Waals surface area contributed by atoms with E-state index in [1.165, 1.54) is 4.68 Å². The molecule has 0 aliphatic carbocycles. The second-order valence-electron chi connectivity index (χ2n) is 7.18. The van der Waals surface area contributed by atoms with Crippen LogP contribution < -0.4 is 15.7 Å². The van der Waals surface area contributed by atoms with Crippen molar-refractivity contribution < 1.29 is 9.53 Å². The van der Waals surface area contributed by atoms with Crippen LogP contribution in [0.4, 0.5) is 0 Å². The fraction of sp³-hybridized carbons (Fsp3) is 0.381. The number of hydrogen-bond donors (Lipinski definition) is 1. The molecule has 1 amide bonds. The van der Waals surface area contributed by atoms with E-state index in [0.29, 0.717) is 25.3 Å². The van der Waals surface area contributed by atoms with Crippen molar-refractivity contribution >= 4 is 32.6 Å². The molecule has 29 heavy (non-hydrogen) atoms. The molecule has 2 heterocycles. The van der Waals surface area contributed by atoms with Crippen LogP contribution in [0.15, 0.2) is 45.7 Å². The van der Waals surface area contributed by atoms with Gasteiger partial charge in [-0.3, -0.25) is 9.36 Å². The van der Waals surface area contributed by atoms with Crippen molar-refractivity contribution in [3.8, 4) is 5.75 Å². The van der Waals surface area contributed by atoms with E-state index in [1.54, 1.807) is 4.57 Å². The summed E-state index contributed by atoms with van der Waals surface area (Å²) in [6, 6.07) is 11.8. The first-order valence-electron chi connectivity index (χ1n) is 9.85. The molecule has 1 aliphatic heterocycles. The minimum absolute atomic E-state index is 0.0409. The molecule has 0 unspecified atom stereocenters. The Morgan fingerprint density at radius 3 is 2.86 bits per heavy atom.